The van der Waals surface area contributed by atoms with Gasteiger partial charge in [0.2, 0.25) is 0 Å². The molecule has 0 aliphatic carbocycles. The maximum absolute atomic E-state index is 9.05. The van der Waals surface area contributed by atoms with E-state index in [0.29, 0.717) is 11.1 Å². The van der Waals surface area contributed by atoms with E-state index in [-0.39, 0.29) is 0 Å². The summed E-state index contributed by atoms with van der Waals surface area (Å²) in [6.07, 6.45) is 1.77. The van der Waals surface area contributed by atoms with Crippen LogP contribution in [0.2, 0.25) is 0 Å². The minimum absolute atomic E-state index is 0.579. The van der Waals surface area contributed by atoms with E-state index < -0.39 is 0 Å². The first-order chi connectivity index (χ1) is 9.28. The monoisotopic (exact) mass is 253 g/mol. The summed E-state index contributed by atoms with van der Waals surface area (Å²) in [6, 6.07) is 7.68. The molecule has 0 amide bonds. The molecule has 0 unspecified atom stereocenters. The molecule has 2 heterocycles. The van der Waals surface area contributed by atoms with Crippen LogP contribution in [0.4, 0.5) is 5.82 Å². The van der Waals surface area contributed by atoms with E-state index in [1.807, 2.05) is 12.1 Å². The third-order valence-electron chi connectivity index (χ3n) is 3.51. The lowest BCUT2D eigenvalue weighted by Gasteiger charge is -2.33. The van der Waals surface area contributed by atoms with Gasteiger partial charge in [0.1, 0.15) is 17.4 Å². The number of piperazine rings is 1. The predicted octanol–water partition coefficient (Wildman–Crippen LogP) is 1.25. The SMILES string of the molecule is CN1CCN(c2cnc3c(C#N)cccc3n2)CC1. The number of anilines is 1. The molecular formula is C14H15N5. The van der Waals surface area contributed by atoms with Crippen molar-refractivity contribution in [2.45, 2.75) is 0 Å². The van der Waals surface area contributed by atoms with Gasteiger partial charge >= 0.3 is 0 Å². The normalized spacial score (nSPS) is 16.5. The summed E-state index contributed by atoms with van der Waals surface area (Å²) in [7, 11) is 2.13. The Hall–Kier alpha value is -2.19. The van der Waals surface area contributed by atoms with Crippen LogP contribution in [0.25, 0.3) is 11.0 Å². The van der Waals surface area contributed by atoms with Crippen LogP contribution < -0.4 is 4.90 Å². The van der Waals surface area contributed by atoms with Crippen LogP contribution in [0, 0.1) is 11.3 Å². The van der Waals surface area contributed by atoms with Gasteiger partial charge in [0.15, 0.2) is 0 Å². The number of rotatable bonds is 1. The predicted molar refractivity (Wildman–Crippen MR) is 74.0 cm³/mol. The van der Waals surface area contributed by atoms with E-state index in [1.54, 1.807) is 12.3 Å². The summed E-state index contributed by atoms with van der Waals surface area (Å²) < 4.78 is 0. The maximum Gasteiger partial charge on any atom is 0.147 e. The fourth-order valence-electron chi connectivity index (χ4n) is 2.31. The number of hydrogen-bond donors (Lipinski definition) is 0. The molecule has 1 aromatic heterocycles. The third-order valence-corrected chi connectivity index (χ3v) is 3.51. The summed E-state index contributed by atoms with van der Waals surface area (Å²) in [5, 5.41) is 9.05. The van der Waals surface area contributed by atoms with Crippen molar-refractivity contribution in [1.29, 1.82) is 5.26 Å². The molecule has 5 heteroatoms. The largest absolute Gasteiger partial charge is 0.353 e. The molecule has 0 N–H and O–H groups in total. The molecular weight excluding hydrogens is 238 g/mol. The Bertz CT molecular complexity index is 638. The Balaban J connectivity index is 1.96. The van der Waals surface area contributed by atoms with Gasteiger partial charge in [-0.15, -0.1) is 0 Å². The molecule has 1 aromatic carbocycles. The van der Waals surface area contributed by atoms with Crippen LogP contribution in [-0.2, 0) is 0 Å². The lowest BCUT2D eigenvalue weighted by molar-refractivity contribution is 0.312. The molecule has 1 fully saturated rings. The topological polar surface area (TPSA) is 56.0 Å². The quantitative estimate of drug-likeness (QED) is 0.765. The van der Waals surface area contributed by atoms with E-state index in [4.69, 9.17) is 5.26 Å². The molecule has 96 valence electrons. The van der Waals surface area contributed by atoms with E-state index in [1.165, 1.54) is 0 Å². The summed E-state index contributed by atoms with van der Waals surface area (Å²) in [5.41, 5.74) is 2.05. The van der Waals surface area contributed by atoms with Crippen molar-refractivity contribution < 1.29 is 0 Å². The van der Waals surface area contributed by atoms with Crippen LogP contribution in [-0.4, -0.2) is 48.1 Å². The Labute approximate surface area is 112 Å². The minimum atomic E-state index is 0.579. The van der Waals surface area contributed by atoms with Gasteiger partial charge in [0.05, 0.1) is 17.3 Å². The molecule has 0 saturated carbocycles. The highest BCUT2D eigenvalue weighted by Gasteiger charge is 2.16. The van der Waals surface area contributed by atoms with Crippen molar-refractivity contribution in [2.24, 2.45) is 0 Å². The zero-order chi connectivity index (χ0) is 13.2. The fourth-order valence-corrected chi connectivity index (χ4v) is 2.31. The second-order valence-corrected chi connectivity index (χ2v) is 4.80. The average Bonchev–Trinajstić information content (AvgIpc) is 2.47. The number of nitriles is 1. The number of aromatic nitrogens is 2. The van der Waals surface area contributed by atoms with E-state index in [2.05, 4.69) is 32.9 Å². The number of nitrogens with zero attached hydrogens (tertiary/aromatic N) is 5. The van der Waals surface area contributed by atoms with Crippen molar-refractivity contribution in [1.82, 2.24) is 14.9 Å². The summed E-state index contributed by atoms with van der Waals surface area (Å²) in [5.74, 6) is 0.899. The number of likely N-dealkylation sites (N-methyl/N-ethyl adjacent to an activating group) is 1. The Kier molecular flexibility index (Phi) is 3.02. The molecule has 0 atom stereocenters. The van der Waals surface area contributed by atoms with Gasteiger partial charge in [-0.3, -0.25) is 0 Å². The third kappa shape index (κ3) is 2.23. The Morgan fingerprint density at radius 2 is 2.00 bits per heavy atom. The lowest BCUT2D eigenvalue weighted by atomic mass is 10.2. The van der Waals surface area contributed by atoms with Gasteiger partial charge in [0, 0.05) is 26.2 Å². The number of hydrogen-bond acceptors (Lipinski definition) is 5. The summed E-state index contributed by atoms with van der Waals surface area (Å²) in [4.78, 5) is 13.6. The molecule has 0 spiro atoms. The smallest absolute Gasteiger partial charge is 0.147 e. The van der Waals surface area contributed by atoms with Gasteiger partial charge in [-0.2, -0.15) is 5.26 Å². The highest BCUT2D eigenvalue weighted by molar-refractivity contribution is 5.81. The van der Waals surface area contributed by atoms with Crippen molar-refractivity contribution in [3.63, 3.8) is 0 Å². The lowest BCUT2D eigenvalue weighted by Crippen LogP contribution is -2.44. The second kappa shape index (κ2) is 4.82. The van der Waals surface area contributed by atoms with Gasteiger partial charge in [-0.25, -0.2) is 9.97 Å². The maximum atomic E-state index is 9.05. The van der Waals surface area contributed by atoms with Crippen LogP contribution in [0.5, 0.6) is 0 Å². The molecule has 0 radical (unpaired) electrons. The van der Waals surface area contributed by atoms with Crippen LogP contribution in [0.15, 0.2) is 24.4 Å². The zero-order valence-electron chi connectivity index (χ0n) is 10.9. The molecule has 5 nitrogen and oxygen atoms in total. The zero-order valence-corrected chi connectivity index (χ0v) is 10.9. The van der Waals surface area contributed by atoms with Crippen molar-refractivity contribution in [2.75, 3.05) is 38.1 Å². The van der Waals surface area contributed by atoms with Crippen LogP contribution in [0.3, 0.4) is 0 Å². The van der Waals surface area contributed by atoms with Crippen LogP contribution in [0.1, 0.15) is 5.56 Å². The van der Waals surface area contributed by atoms with Gasteiger partial charge < -0.3 is 9.80 Å². The molecule has 19 heavy (non-hydrogen) atoms. The molecule has 2 aromatic rings. The van der Waals surface area contributed by atoms with Gasteiger partial charge in [-0.1, -0.05) is 6.07 Å². The summed E-state index contributed by atoms with van der Waals surface area (Å²) >= 11 is 0. The first kappa shape index (κ1) is 11.9. The van der Waals surface area contributed by atoms with E-state index in [0.717, 1.165) is 37.5 Å². The minimum Gasteiger partial charge on any atom is -0.353 e. The fraction of sp³-hybridized carbons (Fsp3) is 0.357. The summed E-state index contributed by atoms with van der Waals surface area (Å²) in [6.45, 7) is 4.01. The molecule has 1 saturated heterocycles. The van der Waals surface area contributed by atoms with E-state index >= 15 is 0 Å². The first-order valence-electron chi connectivity index (χ1n) is 6.37. The average molecular weight is 253 g/mol. The molecule has 1 aliphatic heterocycles. The number of para-hydroxylation sites is 1. The molecule has 0 bridgehead atoms. The van der Waals surface area contributed by atoms with Crippen molar-refractivity contribution in [3.05, 3.63) is 30.0 Å². The Morgan fingerprint density at radius 3 is 2.74 bits per heavy atom. The highest BCUT2D eigenvalue weighted by atomic mass is 15.3. The second-order valence-electron chi connectivity index (χ2n) is 4.80. The molecule has 1 aliphatic rings. The Morgan fingerprint density at radius 1 is 1.21 bits per heavy atom. The standard InChI is InChI=1S/C14H15N5/c1-18-5-7-19(8-6-18)13-10-16-14-11(9-15)3-2-4-12(14)17-13/h2-4,10H,5-8H2,1H3. The molecule has 3 rings (SSSR count). The van der Waals surface area contributed by atoms with Crippen LogP contribution >= 0.6 is 0 Å². The van der Waals surface area contributed by atoms with Crippen molar-refractivity contribution in [3.8, 4) is 6.07 Å². The number of fused-ring (bicyclic) bond motifs is 1. The highest BCUT2D eigenvalue weighted by Crippen LogP contribution is 2.19. The number of benzene rings is 1. The van der Waals surface area contributed by atoms with Gasteiger partial charge in [-0.05, 0) is 19.2 Å². The first-order valence-corrected chi connectivity index (χ1v) is 6.37. The van der Waals surface area contributed by atoms with E-state index in [9.17, 15) is 0 Å². The van der Waals surface area contributed by atoms with Crippen molar-refractivity contribution >= 4 is 16.9 Å². The van der Waals surface area contributed by atoms with Gasteiger partial charge in [0.25, 0.3) is 0 Å².